The van der Waals surface area contributed by atoms with Gasteiger partial charge in [0.1, 0.15) is 11.7 Å². The number of rotatable bonds is 16. The maximum absolute atomic E-state index is 11.8. The molecule has 0 aromatic carbocycles. The summed E-state index contributed by atoms with van der Waals surface area (Å²) in [7, 11) is 1.39. The van der Waals surface area contributed by atoms with Gasteiger partial charge in [0.25, 0.3) is 0 Å². The first-order chi connectivity index (χ1) is 12.7. The second kappa shape index (κ2) is 15.2. The smallest absolute Gasteiger partial charge is 0.316 e. The predicted octanol–water partition coefficient (Wildman–Crippen LogP) is 6.63. The molecule has 0 radical (unpaired) electrons. The highest BCUT2D eigenvalue weighted by Gasteiger charge is 2.40. The van der Waals surface area contributed by atoms with Gasteiger partial charge in [-0.3, -0.25) is 9.59 Å². The molecule has 0 unspecified atom stereocenters. The van der Waals surface area contributed by atoms with Gasteiger partial charge in [0.2, 0.25) is 0 Å². The van der Waals surface area contributed by atoms with Gasteiger partial charge in [0.05, 0.1) is 7.11 Å². The summed E-state index contributed by atoms with van der Waals surface area (Å²) < 4.78 is 4.80. The van der Waals surface area contributed by atoms with Crippen molar-refractivity contribution in [1.29, 1.82) is 0 Å². The summed E-state index contributed by atoms with van der Waals surface area (Å²) >= 11 is 0. The minimum Gasteiger partial charge on any atom is -0.468 e. The van der Waals surface area contributed by atoms with Gasteiger partial charge < -0.3 is 4.74 Å². The number of esters is 1. The molecule has 26 heavy (non-hydrogen) atoms. The molecular formula is C23H42O3. The quantitative estimate of drug-likeness (QED) is 0.175. The van der Waals surface area contributed by atoms with Crippen LogP contribution in [-0.4, -0.2) is 18.9 Å². The van der Waals surface area contributed by atoms with Crippen LogP contribution in [0.15, 0.2) is 0 Å². The average molecular weight is 367 g/mol. The van der Waals surface area contributed by atoms with Crippen molar-refractivity contribution in [2.75, 3.05) is 7.11 Å². The van der Waals surface area contributed by atoms with E-state index in [1.807, 2.05) is 0 Å². The summed E-state index contributed by atoms with van der Waals surface area (Å²) in [6.07, 6.45) is 21.4. The molecule has 3 heteroatoms. The van der Waals surface area contributed by atoms with Crippen LogP contribution in [0.3, 0.4) is 0 Å². The topological polar surface area (TPSA) is 43.4 Å². The molecule has 2 atom stereocenters. The standard InChI is InChI=1S/C23H42O3/c1-3-4-5-6-7-8-9-10-11-12-13-14-15-16-17-20-18-19-21(24)22(20)23(25)26-2/h20,22H,3-19H2,1-2H3/t20-,22+/m1/s1. The number of carbonyl (C=O) groups excluding carboxylic acids is 2. The van der Waals surface area contributed by atoms with Gasteiger partial charge in [-0.2, -0.15) is 0 Å². The van der Waals surface area contributed by atoms with Crippen LogP contribution in [0.25, 0.3) is 0 Å². The molecule has 0 N–H and O–H groups in total. The van der Waals surface area contributed by atoms with E-state index in [1.54, 1.807) is 0 Å². The van der Waals surface area contributed by atoms with Crippen molar-refractivity contribution in [1.82, 2.24) is 0 Å². The lowest BCUT2D eigenvalue weighted by Crippen LogP contribution is -2.26. The minimum absolute atomic E-state index is 0.0900. The SMILES string of the molecule is CCCCCCCCCCCCCCCC[C@@H]1CCC(=O)[C@H]1C(=O)OC. The molecule has 1 aliphatic carbocycles. The third kappa shape index (κ3) is 9.73. The average Bonchev–Trinajstić information content (AvgIpc) is 3.02. The number of hydrogen-bond donors (Lipinski definition) is 0. The van der Waals surface area contributed by atoms with Crippen LogP contribution in [0.2, 0.25) is 0 Å². The molecule has 1 saturated carbocycles. The fourth-order valence-corrected chi connectivity index (χ4v) is 4.28. The van der Waals surface area contributed by atoms with Gasteiger partial charge in [-0.15, -0.1) is 0 Å². The van der Waals surface area contributed by atoms with Crippen molar-refractivity contribution >= 4 is 11.8 Å². The molecule has 1 fully saturated rings. The Bertz CT molecular complexity index is 378. The first-order valence-electron chi connectivity index (χ1n) is 11.3. The van der Waals surface area contributed by atoms with Crippen molar-refractivity contribution in [2.24, 2.45) is 11.8 Å². The Labute approximate surface area is 161 Å². The van der Waals surface area contributed by atoms with Crippen LogP contribution < -0.4 is 0 Å². The van der Waals surface area contributed by atoms with Crippen LogP contribution in [0.5, 0.6) is 0 Å². The highest BCUT2D eigenvalue weighted by atomic mass is 16.5. The van der Waals surface area contributed by atoms with E-state index < -0.39 is 5.92 Å². The zero-order valence-corrected chi connectivity index (χ0v) is 17.4. The van der Waals surface area contributed by atoms with Gasteiger partial charge >= 0.3 is 5.97 Å². The van der Waals surface area contributed by atoms with Gasteiger partial charge in [-0.25, -0.2) is 0 Å². The fraction of sp³-hybridized carbons (Fsp3) is 0.913. The molecule has 0 amide bonds. The van der Waals surface area contributed by atoms with Crippen molar-refractivity contribution in [3.8, 4) is 0 Å². The third-order valence-electron chi connectivity index (χ3n) is 5.96. The number of carbonyl (C=O) groups is 2. The highest BCUT2D eigenvalue weighted by Crippen LogP contribution is 2.33. The molecule has 0 aromatic heterocycles. The molecule has 152 valence electrons. The molecule has 1 rings (SSSR count). The largest absolute Gasteiger partial charge is 0.468 e. The Balaban J connectivity index is 1.89. The maximum Gasteiger partial charge on any atom is 0.316 e. The Morgan fingerprint density at radius 3 is 1.77 bits per heavy atom. The maximum atomic E-state index is 11.8. The second-order valence-corrected chi connectivity index (χ2v) is 8.15. The summed E-state index contributed by atoms with van der Waals surface area (Å²) in [5.74, 6) is -0.468. The van der Waals surface area contributed by atoms with Crippen molar-refractivity contribution in [3.63, 3.8) is 0 Å². The summed E-state index contributed by atoms with van der Waals surface area (Å²) in [6.45, 7) is 2.27. The zero-order valence-electron chi connectivity index (χ0n) is 17.4. The second-order valence-electron chi connectivity index (χ2n) is 8.15. The Morgan fingerprint density at radius 1 is 0.846 bits per heavy atom. The molecule has 0 saturated heterocycles. The van der Waals surface area contributed by atoms with E-state index in [2.05, 4.69) is 6.92 Å². The summed E-state index contributed by atoms with van der Waals surface area (Å²) in [6, 6.07) is 0. The summed E-state index contributed by atoms with van der Waals surface area (Å²) in [5.41, 5.74) is 0. The van der Waals surface area contributed by atoms with Crippen LogP contribution in [0, 0.1) is 11.8 Å². The molecule has 0 aliphatic heterocycles. The van der Waals surface area contributed by atoms with Crippen molar-refractivity contribution < 1.29 is 14.3 Å². The number of Topliss-reactive ketones (excluding diaryl/α,β-unsaturated/α-hetero) is 1. The first kappa shape index (κ1) is 23.2. The molecule has 3 nitrogen and oxygen atoms in total. The zero-order chi connectivity index (χ0) is 19.0. The van der Waals surface area contributed by atoms with Gasteiger partial charge in [0.15, 0.2) is 0 Å². The number of unbranched alkanes of at least 4 members (excludes halogenated alkanes) is 13. The Kier molecular flexibility index (Phi) is 13.6. The van der Waals surface area contributed by atoms with Crippen molar-refractivity contribution in [2.45, 2.75) is 116 Å². The van der Waals surface area contributed by atoms with Crippen LogP contribution >= 0.6 is 0 Å². The normalized spacial score (nSPS) is 19.8. The van der Waals surface area contributed by atoms with Gasteiger partial charge in [-0.1, -0.05) is 96.8 Å². The predicted molar refractivity (Wildman–Crippen MR) is 108 cm³/mol. The third-order valence-corrected chi connectivity index (χ3v) is 5.96. The monoisotopic (exact) mass is 366 g/mol. The molecule has 0 bridgehead atoms. The van der Waals surface area contributed by atoms with Crippen LogP contribution in [-0.2, 0) is 14.3 Å². The lowest BCUT2D eigenvalue weighted by molar-refractivity contribution is -0.149. The molecule has 0 spiro atoms. The van der Waals surface area contributed by atoms with E-state index in [1.165, 1.54) is 90.6 Å². The molecule has 0 aromatic rings. The molecular weight excluding hydrogens is 324 g/mol. The van der Waals surface area contributed by atoms with E-state index in [0.717, 1.165) is 19.3 Å². The molecule has 0 heterocycles. The van der Waals surface area contributed by atoms with Crippen LogP contribution in [0.1, 0.15) is 116 Å². The Morgan fingerprint density at radius 2 is 1.31 bits per heavy atom. The van der Waals surface area contributed by atoms with E-state index in [0.29, 0.717) is 6.42 Å². The summed E-state index contributed by atoms with van der Waals surface area (Å²) in [5, 5.41) is 0. The van der Waals surface area contributed by atoms with Crippen LogP contribution in [0.4, 0.5) is 0 Å². The minimum atomic E-state index is -0.470. The summed E-state index contributed by atoms with van der Waals surface area (Å²) in [4.78, 5) is 23.6. The highest BCUT2D eigenvalue weighted by molar-refractivity contribution is 6.00. The lowest BCUT2D eigenvalue weighted by Gasteiger charge is -2.15. The number of hydrogen-bond acceptors (Lipinski definition) is 3. The first-order valence-corrected chi connectivity index (χ1v) is 11.3. The van der Waals surface area contributed by atoms with E-state index in [-0.39, 0.29) is 17.7 Å². The number of ether oxygens (including phenoxy) is 1. The van der Waals surface area contributed by atoms with Crippen molar-refractivity contribution in [3.05, 3.63) is 0 Å². The van der Waals surface area contributed by atoms with Gasteiger partial charge in [-0.05, 0) is 18.8 Å². The Hall–Kier alpha value is -0.860. The lowest BCUT2D eigenvalue weighted by atomic mass is 9.90. The number of ketones is 1. The fourth-order valence-electron chi connectivity index (χ4n) is 4.28. The molecule has 1 aliphatic rings. The van der Waals surface area contributed by atoms with E-state index >= 15 is 0 Å². The van der Waals surface area contributed by atoms with E-state index in [4.69, 9.17) is 4.74 Å². The van der Waals surface area contributed by atoms with E-state index in [9.17, 15) is 9.59 Å². The van der Waals surface area contributed by atoms with Gasteiger partial charge in [0, 0.05) is 6.42 Å². The number of methoxy groups -OCH3 is 1.